The van der Waals surface area contributed by atoms with Crippen LogP contribution >= 0.6 is 23.8 Å². The molecular weight excluding hydrogens is 446 g/mol. The van der Waals surface area contributed by atoms with Gasteiger partial charge in [0.2, 0.25) is 0 Å². The molecule has 3 aromatic rings. The van der Waals surface area contributed by atoms with Gasteiger partial charge in [0, 0.05) is 16.9 Å². The largest absolute Gasteiger partial charge is 0.479 e. The molecule has 0 spiro atoms. The predicted octanol–water partition coefficient (Wildman–Crippen LogP) is 5.18. The lowest BCUT2D eigenvalue weighted by Gasteiger charge is -2.16. The highest BCUT2D eigenvalue weighted by atomic mass is 35.5. The number of hydrogen-bond acceptors (Lipinski definition) is 4. The van der Waals surface area contributed by atoms with E-state index in [9.17, 15) is 9.59 Å². The first-order valence-electron chi connectivity index (χ1n) is 9.83. The first-order chi connectivity index (χ1) is 15.3. The summed E-state index contributed by atoms with van der Waals surface area (Å²) in [7, 11) is 0. The zero-order valence-corrected chi connectivity index (χ0v) is 19.1. The zero-order valence-electron chi connectivity index (χ0n) is 17.5. The molecule has 3 N–H and O–H groups in total. The summed E-state index contributed by atoms with van der Waals surface area (Å²) in [6.07, 6.45) is -0.739. The number of para-hydroxylation sites is 1. The molecule has 0 saturated heterocycles. The van der Waals surface area contributed by atoms with Gasteiger partial charge >= 0.3 is 0 Å². The molecule has 3 aromatic carbocycles. The van der Waals surface area contributed by atoms with E-state index in [0.717, 1.165) is 5.56 Å². The van der Waals surface area contributed by atoms with Crippen LogP contribution < -0.4 is 20.7 Å². The molecule has 2 amide bonds. The van der Waals surface area contributed by atoms with Crippen LogP contribution in [-0.4, -0.2) is 23.0 Å². The quantitative estimate of drug-likeness (QED) is 0.435. The fourth-order valence-corrected chi connectivity index (χ4v) is 3.22. The van der Waals surface area contributed by atoms with Gasteiger partial charge in [-0.3, -0.25) is 14.9 Å². The lowest BCUT2D eigenvalue weighted by atomic mass is 10.1. The standard InChI is InChI=1S/C24H22ClN3O3S/c1-15-7-3-4-8-19(15)23(30)28-24(32)27-18-13-11-17(12-14-18)26-22(29)16(2)31-21-10-6-5-9-20(21)25/h3-14,16H,1-2H3,(H,26,29)(H2,27,28,30,32). The highest BCUT2D eigenvalue weighted by molar-refractivity contribution is 7.80. The minimum absolute atomic E-state index is 0.178. The summed E-state index contributed by atoms with van der Waals surface area (Å²) in [5.74, 6) is -0.152. The Bertz CT molecular complexity index is 1140. The second kappa shape index (κ2) is 10.7. The van der Waals surface area contributed by atoms with Gasteiger partial charge in [0.15, 0.2) is 11.2 Å². The highest BCUT2D eigenvalue weighted by Gasteiger charge is 2.16. The monoisotopic (exact) mass is 467 g/mol. The third kappa shape index (κ3) is 6.29. The number of ether oxygens (including phenoxy) is 1. The van der Waals surface area contributed by atoms with Crippen LogP contribution in [0.2, 0.25) is 5.02 Å². The predicted molar refractivity (Wildman–Crippen MR) is 131 cm³/mol. The molecule has 0 saturated carbocycles. The molecule has 32 heavy (non-hydrogen) atoms. The minimum Gasteiger partial charge on any atom is -0.479 e. The van der Waals surface area contributed by atoms with Crippen LogP contribution in [0.4, 0.5) is 11.4 Å². The third-order valence-electron chi connectivity index (χ3n) is 4.54. The van der Waals surface area contributed by atoms with Gasteiger partial charge in [-0.25, -0.2) is 0 Å². The summed E-state index contributed by atoms with van der Waals surface area (Å²) >= 11 is 11.3. The second-order valence-corrected chi connectivity index (χ2v) is 7.80. The van der Waals surface area contributed by atoms with Crippen molar-refractivity contribution < 1.29 is 14.3 Å². The first kappa shape index (κ1) is 23.2. The fraction of sp³-hybridized carbons (Fsp3) is 0.125. The van der Waals surface area contributed by atoms with Crippen molar-refractivity contribution in [3.63, 3.8) is 0 Å². The normalized spacial score (nSPS) is 11.2. The number of hydrogen-bond donors (Lipinski definition) is 3. The summed E-state index contributed by atoms with van der Waals surface area (Å²) in [5, 5.41) is 9.01. The van der Waals surface area contributed by atoms with Crippen LogP contribution in [0.5, 0.6) is 5.75 Å². The Kier molecular flexibility index (Phi) is 7.81. The number of benzene rings is 3. The third-order valence-corrected chi connectivity index (χ3v) is 5.05. The average Bonchev–Trinajstić information content (AvgIpc) is 2.76. The van der Waals surface area contributed by atoms with Gasteiger partial charge in [0.1, 0.15) is 5.75 Å². The number of anilines is 2. The number of nitrogens with one attached hydrogen (secondary N) is 3. The molecule has 8 heteroatoms. The number of thiocarbonyl (C=S) groups is 1. The van der Waals surface area contributed by atoms with Gasteiger partial charge in [-0.15, -0.1) is 0 Å². The maximum atomic E-state index is 12.4. The molecule has 1 unspecified atom stereocenters. The number of amides is 2. The van der Waals surface area contributed by atoms with Gasteiger partial charge in [-0.1, -0.05) is 41.9 Å². The number of carbonyl (C=O) groups excluding carboxylic acids is 2. The van der Waals surface area contributed by atoms with Crippen LogP contribution in [0.1, 0.15) is 22.8 Å². The first-order valence-corrected chi connectivity index (χ1v) is 10.6. The molecule has 0 aliphatic rings. The number of carbonyl (C=O) groups is 2. The Morgan fingerprint density at radius 1 is 0.906 bits per heavy atom. The lowest BCUT2D eigenvalue weighted by molar-refractivity contribution is -0.122. The Balaban J connectivity index is 1.52. The summed E-state index contributed by atoms with van der Waals surface area (Å²) < 4.78 is 5.62. The Morgan fingerprint density at radius 3 is 2.16 bits per heavy atom. The minimum atomic E-state index is -0.739. The molecule has 3 rings (SSSR count). The van der Waals surface area contributed by atoms with Crippen LogP contribution in [0.25, 0.3) is 0 Å². The lowest BCUT2D eigenvalue weighted by Crippen LogP contribution is -2.34. The van der Waals surface area contributed by atoms with Crippen molar-refractivity contribution in [3.05, 3.63) is 88.9 Å². The molecule has 0 fully saturated rings. The smallest absolute Gasteiger partial charge is 0.265 e. The van der Waals surface area contributed by atoms with E-state index in [2.05, 4.69) is 16.0 Å². The van der Waals surface area contributed by atoms with Crippen molar-refractivity contribution in [2.75, 3.05) is 10.6 Å². The van der Waals surface area contributed by atoms with Crippen LogP contribution in [0.15, 0.2) is 72.8 Å². The van der Waals surface area contributed by atoms with Gasteiger partial charge in [-0.05, 0) is 74.1 Å². The van der Waals surface area contributed by atoms with Crippen molar-refractivity contribution in [1.29, 1.82) is 0 Å². The van der Waals surface area contributed by atoms with E-state index in [0.29, 0.717) is 27.7 Å². The van der Waals surface area contributed by atoms with Crippen LogP contribution in [0, 0.1) is 6.92 Å². The van der Waals surface area contributed by atoms with E-state index >= 15 is 0 Å². The molecule has 0 radical (unpaired) electrons. The number of halogens is 1. The summed E-state index contributed by atoms with van der Waals surface area (Å²) in [4.78, 5) is 24.8. The highest BCUT2D eigenvalue weighted by Crippen LogP contribution is 2.24. The van der Waals surface area contributed by atoms with E-state index in [1.807, 2.05) is 19.1 Å². The van der Waals surface area contributed by atoms with E-state index in [4.69, 9.17) is 28.6 Å². The fourth-order valence-electron chi connectivity index (χ4n) is 2.83. The van der Waals surface area contributed by atoms with Gasteiger partial charge in [-0.2, -0.15) is 0 Å². The van der Waals surface area contributed by atoms with Crippen molar-refractivity contribution in [1.82, 2.24) is 5.32 Å². The van der Waals surface area contributed by atoms with Crippen LogP contribution in [0.3, 0.4) is 0 Å². The van der Waals surface area contributed by atoms with E-state index in [1.54, 1.807) is 67.6 Å². The molecule has 6 nitrogen and oxygen atoms in total. The zero-order chi connectivity index (χ0) is 23.1. The number of aryl methyl sites for hydroxylation is 1. The molecule has 0 aliphatic heterocycles. The summed E-state index contributed by atoms with van der Waals surface area (Å²) in [6.45, 7) is 3.50. The molecular formula is C24H22ClN3O3S. The Labute approximate surface area is 196 Å². The molecule has 1 atom stereocenters. The average molecular weight is 468 g/mol. The van der Waals surface area contributed by atoms with E-state index < -0.39 is 6.10 Å². The maximum absolute atomic E-state index is 12.4. The SMILES string of the molecule is Cc1ccccc1C(=O)NC(=S)Nc1ccc(NC(=O)C(C)Oc2ccccc2Cl)cc1. The molecule has 0 bridgehead atoms. The molecule has 164 valence electrons. The summed E-state index contributed by atoms with van der Waals surface area (Å²) in [5.41, 5.74) is 2.67. The maximum Gasteiger partial charge on any atom is 0.265 e. The van der Waals surface area contributed by atoms with E-state index in [-0.39, 0.29) is 16.9 Å². The van der Waals surface area contributed by atoms with Crippen molar-refractivity contribution in [3.8, 4) is 5.75 Å². The van der Waals surface area contributed by atoms with Crippen LogP contribution in [-0.2, 0) is 4.79 Å². The second-order valence-electron chi connectivity index (χ2n) is 6.98. The molecule has 0 heterocycles. The van der Waals surface area contributed by atoms with Gasteiger partial charge < -0.3 is 15.4 Å². The Hall–Kier alpha value is -3.42. The van der Waals surface area contributed by atoms with Crippen molar-refractivity contribution >= 4 is 52.1 Å². The topological polar surface area (TPSA) is 79.5 Å². The van der Waals surface area contributed by atoms with Gasteiger partial charge in [0.05, 0.1) is 5.02 Å². The van der Waals surface area contributed by atoms with Gasteiger partial charge in [0.25, 0.3) is 11.8 Å². The molecule has 0 aromatic heterocycles. The van der Waals surface area contributed by atoms with Crippen molar-refractivity contribution in [2.45, 2.75) is 20.0 Å². The Morgan fingerprint density at radius 2 is 1.50 bits per heavy atom. The van der Waals surface area contributed by atoms with Crippen molar-refractivity contribution in [2.24, 2.45) is 0 Å². The summed E-state index contributed by atoms with van der Waals surface area (Å²) in [6, 6.07) is 21.1. The number of rotatable bonds is 6. The molecule has 0 aliphatic carbocycles. The van der Waals surface area contributed by atoms with E-state index in [1.165, 1.54) is 0 Å².